The number of hydrogen-bond donors (Lipinski definition) is 0. The Morgan fingerprint density at radius 3 is 2.17 bits per heavy atom. The van der Waals surface area contributed by atoms with Crippen molar-refractivity contribution in [3.05, 3.63) is 49.3 Å². The first-order chi connectivity index (χ1) is 8.40. The van der Waals surface area contributed by atoms with Crippen LogP contribution in [0.2, 0.25) is 19.6 Å². The Kier molecular flexibility index (Phi) is 4.90. The summed E-state index contributed by atoms with van der Waals surface area (Å²) < 4.78 is 14.0. The minimum Gasteiger partial charge on any atom is -0.362 e. The van der Waals surface area contributed by atoms with Crippen LogP contribution in [0.25, 0.3) is 0 Å². The fourth-order valence-corrected chi connectivity index (χ4v) is 2.96. The lowest BCUT2D eigenvalue weighted by molar-refractivity contribution is 0.623. The SMILES string of the molecule is C=CCN(CC=C)c1cc([Si](C)(C)C)ccc1F. The number of rotatable bonds is 6. The Balaban J connectivity index is 3.19. The molecule has 0 amide bonds. The topological polar surface area (TPSA) is 3.24 Å². The summed E-state index contributed by atoms with van der Waals surface area (Å²) in [5, 5.41) is 1.26. The predicted octanol–water partition coefficient (Wildman–Crippen LogP) is 3.55. The van der Waals surface area contributed by atoms with E-state index in [4.69, 9.17) is 0 Å². The highest BCUT2D eigenvalue weighted by Gasteiger charge is 2.19. The highest BCUT2D eigenvalue weighted by atomic mass is 28.3. The molecule has 0 aromatic heterocycles. The first kappa shape index (κ1) is 14.7. The van der Waals surface area contributed by atoms with Gasteiger partial charge in [-0.3, -0.25) is 0 Å². The van der Waals surface area contributed by atoms with Crippen molar-refractivity contribution in [2.75, 3.05) is 18.0 Å². The number of benzene rings is 1. The lowest BCUT2D eigenvalue weighted by atomic mass is 10.2. The van der Waals surface area contributed by atoms with Crippen molar-refractivity contribution in [2.45, 2.75) is 19.6 Å². The van der Waals surface area contributed by atoms with E-state index in [1.807, 2.05) is 17.0 Å². The Morgan fingerprint density at radius 1 is 1.17 bits per heavy atom. The number of nitrogens with zero attached hydrogens (tertiary/aromatic N) is 1. The molecular weight excluding hydrogens is 241 g/mol. The zero-order chi connectivity index (χ0) is 13.8. The summed E-state index contributed by atoms with van der Waals surface area (Å²) in [5.41, 5.74) is 0.648. The molecule has 0 unspecified atom stereocenters. The second-order valence-corrected chi connectivity index (χ2v) is 10.5. The van der Waals surface area contributed by atoms with Crippen LogP contribution in [0.15, 0.2) is 43.5 Å². The van der Waals surface area contributed by atoms with E-state index in [1.54, 1.807) is 18.2 Å². The molecule has 1 nitrogen and oxygen atoms in total. The average Bonchev–Trinajstić information content (AvgIpc) is 2.28. The van der Waals surface area contributed by atoms with Crippen molar-refractivity contribution < 1.29 is 4.39 Å². The van der Waals surface area contributed by atoms with Crippen LogP contribution >= 0.6 is 0 Å². The second-order valence-electron chi connectivity index (χ2n) is 5.40. The van der Waals surface area contributed by atoms with E-state index in [-0.39, 0.29) is 5.82 Å². The van der Waals surface area contributed by atoms with Crippen molar-refractivity contribution in [3.63, 3.8) is 0 Å². The third kappa shape index (κ3) is 3.57. The summed E-state index contributed by atoms with van der Waals surface area (Å²) in [4.78, 5) is 1.94. The van der Waals surface area contributed by atoms with Crippen molar-refractivity contribution in [2.24, 2.45) is 0 Å². The molecule has 0 fully saturated rings. The van der Waals surface area contributed by atoms with E-state index < -0.39 is 8.07 Å². The smallest absolute Gasteiger partial charge is 0.146 e. The average molecular weight is 263 g/mol. The van der Waals surface area contributed by atoms with Crippen LogP contribution in [0, 0.1) is 5.82 Å². The molecular formula is C15H22FNSi. The van der Waals surface area contributed by atoms with Crippen LogP contribution in [-0.2, 0) is 0 Å². The third-order valence-corrected chi connectivity index (χ3v) is 4.89. The quantitative estimate of drug-likeness (QED) is 0.560. The van der Waals surface area contributed by atoms with Gasteiger partial charge < -0.3 is 4.90 Å². The fraction of sp³-hybridized carbons (Fsp3) is 0.333. The van der Waals surface area contributed by atoms with Gasteiger partial charge >= 0.3 is 0 Å². The van der Waals surface area contributed by atoms with Crippen LogP contribution in [-0.4, -0.2) is 21.2 Å². The van der Waals surface area contributed by atoms with Gasteiger partial charge in [-0.15, -0.1) is 13.2 Å². The molecule has 0 N–H and O–H groups in total. The third-order valence-electron chi connectivity index (χ3n) is 2.85. The van der Waals surface area contributed by atoms with Gasteiger partial charge in [-0.05, 0) is 12.1 Å². The zero-order valence-corrected chi connectivity index (χ0v) is 12.5. The number of anilines is 1. The molecule has 98 valence electrons. The van der Waals surface area contributed by atoms with Gasteiger partial charge in [0.05, 0.1) is 13.8 Å². The van der Waals surface area contributed by atoms with Gasteiger partial charge in [0.25, 0.3) is 0 Å². The molecule has 0 aliphatic rings. The summed E-state index contributed by atoms with van der Waals surface area (Å²) in [7, 11) is -1.42. The molecule has 0 heterocycles. The van der Waals surface area contributed by atoms with Crippen LogP contribution in [0.4, 0.5) is 10.1 Å². The van der Waals surface area contributed by atoms with Crippen molar-refractivity contribution in [1.29, 1.82) is 0 Å². The maximum Gasteiger partial charge on any atom is 0.146 e. The van der Waals surface area contributed by atoms with Gasteiger partial charge in [0.15, 0.2) is 0 Å². The molecule has 0 saturated heterocycles. The summed E-state index contributed by atoms with van der Waals surface area (Å²) in [5.74, 6) is -0.180. The Labute approximate surface area is 111 Å². The van der Waals surface area contributed by atoms with Crippen molar-refractivity contribution >= 4 is 18.9 Å². The molecule has 18 heavy (non-hydrogen) atoms. The summed E-state index contributed by atoms with van der Waals surface area (Å²) >= 11 is 0. The van der Waals surface area contributed by atoms with Gasteiger partial charge in [-0.1, -0.05) is 43.0 Å². The van der Waals surface area contributed by atoms with Crippen LogP contribution in [0.1, 0.15) is 0 Å². The first-order valence-corrected chi connectivity index (χ1v) is 9.67. The van der Waals surface area contributed by atoms with Gasteiger partial charge in [0, 0.05) is 13.1 Å². The van der Waals surface area contributed by atoms with Gasteiger partial charge in [-0.2, -0.15) is 0 Å². The normalized spacial score (nSPS) is 11.1. The summed E-state index contributed by atoms with van der Waals surface area (Å²) in [6.07, 6.45) is 3.56. The predicted molar refractivity (Wildman–Crippen MR) is 82.0 cm³/mol. The lowest BCUT2D eigenvalue weighted by Crippen LogP contribution is -2.38. The zero-order valence-electron chi connectivity index (χ0n) is 11.5. The van der Waals surface area contributed by atoms with E-state index in [1.165, 1.54) is 5.19 Å². The van der Waals surface area contributed by atoms with Crippen LogP contribution in [0.3, 0.4) is 0 Å². The van der Waals surface area contributed by atoms with E-state index >= 15 is 0 Å². The lowest BCUT2D eigenvalue weighted by Gasteiger charge is -2.25. The van der Waals surface area contributed by atoms with E-state index in [0.717, 1.165) is 0 Å². The molecule has 0 aliphatic carbocycles. The van der Waals surface area contributed by atoms with Gasteiger partial charge in [0.2, 0.25) is 0 Å². The standard InChI is InChI=1S/C15H22FNSi/c1-6-10-17(11-7-2)15-12-13(18(3,4)5)8-9-14(15)16/h6-9,12H,1-2,10-11H2,3-5H3. The maximum absolute atomic E-state index is 14.0. The molecule has 3 heteroatoms. The minimum absolute atomic E-state index is 0.180. The van der Waals surface area contributed by atoms with Crippen molar-refractivity contribution in [3.8, 4) is 0 Å². The summed E-state index contributed by atoms with van der Waals surface area (Å²) in [6.45, 7) is 15.5. The Hall–Kier alpha value is -1.35. The molecule has 0 saturated carbocycles. The first-order valence-electron chi connectivity index (χ1n) is 6.17. The van der Waals surface area contributed by atoms with Crippen molar-refractivity contribution in [1.82, 2.24) is 0 Å². The molecule has 0 spiro atoms. The van der Waals surface area contributed by atoms with Gasteiger partial charge in [-0.25, -0.2) is 4.39 Å². The fourth-order valence-electron chi connectivity index (χ4n) is 1.80. The summed E-state index contributed by atoms with van der Waals surface area (Å²) in [6, 6.07) is 5.46. The monoisotopic (exact) mass is 263 g/mol. The Morgan fingerprint density at radius 2 is 1.72 bits per heavy atom. The minimum atomic E-state index is -1.42. The molecule has 0 aliphatic heterocycles. The molecule has 1 aromatic rings. The van der Waals surface area contributed by atoms with E-state index in [0.29, 0.717) is 18.8 Å². The van der Waals surface area contributed by atoms with E-state index in [9.17, 15) is 4.39 Å². The maximum atomic E-state index is 14.0. The number of hydrogen-bond acceptors (Lipinski definition) is 1. The largest absolute Gasteiger partial charge is 0.362 e. The van der Waals surface area contributed by atoms with E-state index in [2.05, 4.69) is 32.8 Å². The molecule has 0 atom stereocenters. The second kappa shape index (κ2) is 6.00. The molecule has 1 aromatic carbocycles. The van der Waals surface area contributed by atoms with Crippen LogP contribution < -0.4 is 10.1 Å². The van der Waals surface area contributed by atoms with Gasteiger partial charge in [0.1, 0.15) is 5.82 Å². The van der Waals surface area contributed by atoms with Crippen LogP contribution in [0.5, 0.6) is 0 Å². The molecule has 1 rings (SSSR count). The molecule has 0 bridgehead atoms. The highest BCUT2D eigenvalue weighted by molar-refractivity contribution is 6.88. The highest BCUT2D eigenvalue weighted by Crippen LogP contribution is 2.19. The molecule has 0 radical (unpaired) electrons. The number of halogens is 1. The Bertz CT molecular complexity index is 425.